The molecule has 0 aromatic carbocycles. The molecule has 1 aromatic rings. The number of amides is 1. The summed E-state index contributed by atoms with van der Waals surface area (Å²) in [6, 6.07) is 5.86. The van der Waals surface area contributed by atoms with Crippen molar-refractivity contribution in [2.75, 3.05) is 19.7 Å². The van der Waals surface area contributed by atoms with E-state index >= 15 is 0 Å². The van der Waals surface area contributed by atoms with Crippen LogP contribution in [-0.2, 0) is 9.47 Å². The number of likely N-dealkylation sites (tertiary alicyclic amines) is 1. The highest BCUT2D eigenvalue weighted by Gasteiger charge is 2.27. The van der Waals surface area contributed by atoms with E-state index in [4.69, 9.17) is 9.47 Å². The maximum Gasteiger partial charge on any atom is 0.410 e. The average molecular weight is 334 g/mol. The number of ether oxygens (including phenoxy) is 2. The first-order valence-corrected chi connectivity index (χ1v) is 8.85. The highest BCUT2D eigenvalue weighted by Crippen LogP contribution is 2.23. The van der Waals surface area contributed by atoms with Crippen molar-refractivity contribution in [2.45, 2.75) is 58.7 Å². The van der Waals surface area contributed by atoms with Gasteiger partial charge in [-0.3, -0.25) is 4.98 Å². The van der Waals surface area contributed by atoms with Gasteiger partial charge in [-0.2, -0.15) is 0 Å². The van der Waals surface area contributed by atoms with Crippen LogP contribution in [0.5, 0.6) is 0 Å². The minimum atomic E-state index is -0.439. The SMILES string of the molecule is C[C@H](OCC[C@H]1CCCN(C(=O)OC(C)(C)C)C1)c1ccccn1. The van der Waals surface area contributed by atoms with E-state index in [0.717, 1.165) is 38.0 Å². The van der Waals surface area contributed by atoms with Crippen LogP contribution in [0.3, 0.4) is 0 Å². The third-order valence-corrected chi connectivity index (χ3v) is 4.17. The molecule has 0 saturated carbocycles. The highest BCUT2D eigenvalue weighted by molar-refractivity contribution is 5.68. The summed E-state index contributed by atoms with van der Waals surface area (Å²) in [6.45, 7) is 9.96. The van der Waals surface area contributed by atoms with Crippen LogP contribution in [0.2, 0.25) is 0 Å². The van der Waals surface area contributed by atoms with Crippen LogP contribution in [-0.4, -0.2) is 41.3 Å². The van der Waals surface area contributed by atoms with Gasteiger partial charge in [0.1, 0.15) is 5.60 Å². The summed E-state index contributed by atoms with van der Waals surface area (Å²) in [5, 5.41) is 0. The zero-order valence-corrected chi connectivity index (χ0v) is 15.3. The molecule has 2 rings (SSSR count). The summed E-state index contributed by atoms with van der Waals surface area (Å²) in [5.41, 5.74) is 0.516. The van der Waals surface area contributed by atoms with Crippen molar-refractivity contribution in [3.05, 3.63) is 30.1 Å². The molecular weight excluding hydrogens is 304 g/mol. The van der Waals surface area contributed by atoms with Gasteiger partial charge in [0.2, 0.25) is 0 Å². The van der Waals surface area contributed by atoms with Crippen molar-refractivity contribution >= 4 is 6.09 Å². The zero-order valence-electron chi connectivity index (χ0n) is 15.3. The molecule has 0 spiro atoms. The Balaban J connectivity index is 1.74. The van der Waals surface area contributed by atoms with Gasteiger partial charge in [-0.05, 0) is 65.0 Å². The van der Waals surface area contributed by atoms with Crippen molar-refractivity contribution in [1.29, 1.82) is 0 Å². The van der Waals surface area contributed by atoms with Crippen LogP contribution in [0.1, 0.15) is 58.8 Å². The molecule has 0 N–H and O–H groups in total. The van der Waals surface area contributed by atoms with Gasteiger partial charge in [0.15, 0.2) is 0 Å². The number of piperidine rings is 1. The van der Waals surface area contributed by atoms with Gasteiger partial charge in [0, 0.05) is 25.9 Å². The van der Waals surface area contributed by atoms with Crippen molar-refractivity contribution in [1.82, 2.24) is 9.88 Å². The van der Waals surface area contributed by atoms with Gasteiger partial charge in [0.05, 0.1) is 11.8 Å². The number of nitrogens with zero attached hydrogens (tertiary/aromatic N) is 2. The Labute approximate surface area is 145 Å². The van der Waals surface area contributed by atoms with E-state index in [1.54, 1.807) is 6.20 Å². The van der Waals surface area contributed by atoms with Gasteiger partial charge in [-0.25, -0.2) is 4.79 Å². The Morgan fingerprint density at radius 1 is 1.42 bits per heavy atom. The molecule has 0 bridgehead atoms. The molecule has 1 fully saturated rings. The second-order valence-corrected chi connectivity index (χ2v) is 7.49. The number of rotatable bonds is 5. The maximum atomic E-state index is 12.2. The lowest BCUT2D eigenvalue weighted by Gasteiger charge is -2.34. The summed E-state index contributed by atoms with van der Waals surface area (Å²) in [4.78, 5) is 18.3. The van der Waals surface area contributed by atoms with E-state index < -0.39 is 5.60 Å². The topological polar surface area (TPSA) is 51.7 Å². The number of aromatic nitrogens is 1. The van der Waals surface area contributed by atoms with E-state index in [9.17, 15) is 4.79 Å². The van der Waals surface area contributed by atoms with Crippen LogP contribution in [0.25, 0.3) is 0 Å². The molecule has 1 amide bonds. The minimum Gasteiger partial charge on any atom is -0.444 e. The van der Waals surface area contributed by atoms with Gasteiger partial charge < -0.3 is 14.4 Å². The van der Waals surface area contributed by atoms with Crippen molar-refractivity contribution in [2.24, 2.45) is 5.92 Å². The number of carbonyl (C=O) groups is 1. The smallest absolute Gasteiger partial charge is 0.410 e. The van der Waals surface area contributed by atoms with Crippen LogP contribution < -0.4 is 0 Å². The Bertz CT molecular complexity index is 513. The van der Waals surface area contributed by atoms with E-state index in [0.29, 0.717) is 12.5 Å². The monoisotopic (exact) mass is 334 g/mol. The molecule has 2 heterocycles. The van der Waals surface area contributed by atoms with Crippen molar-refractivity contribution in [3.8, 4) is 0 Å². The van der Waals surface area contributed by atoms with Gasteiger partial charge >= 0.3 is 6.09 Å². The first-order chi connectivity index (χ1) is 11.3. The quantitative estimate of drug-likeness (QED) is 0.810. The third kappa shape index (κ3) is 6.11. The zero-order chi connectivity index (χ0) is 17.6. The number of hydrogen-bond donors (Lipinski definition) is 0. The predicted molar refractivity (Wildman–Crippen MR) is 93.8 cm³/mol. The number of carbonyl (C=O) groups excluding carboxylic acids is 1. The lowest BCUT2D eigenvalue weighted by Crippen LogP contribution is -2.43. The lowest BCUT2D eigenvalue weighted by molar-refractivity contribution is 0.0104. The van der Waals surface area contributed by atoms with E-state index in [-0.39, 0.29) is 12.2 Å². The minimum absolute atomic E-state index is 0.00301. The van der Waals surface area contributed by atoms with Crippen LogP contribution in [0.4, 0.5) is 4.79 Å². The van der Waals surface area contributed by atoms with Crippen molar-refractivity contribution in [3.63, 3.8) is 0 Å². The summed E-state index contributed by atoms with van der Waals surface area (Å²) >= 11 is 0. The molecule has 134 valence electrons. The third-order valence-electron chi connectivity index (χ3n) is 4.17. The molecule has 5 heteroatoms. The molecule has 1 aliphatic heterocycles. The van der Waals surface area contributed by atoms with E-state index in [2.05, 4.69) is 4.98 Å². The average Bonchev–Trinajstić information content (AvgIpc) is 2.54. The summed E-state index contributed by atoms with van der Waals surface area (Å²) in [5.74, 6) is 0.474. The predicted octanol–water partition coefficient (Wildman–Crippen LogP) is 4.20. The molecule has 2 atom stereocenters. The molecule has 5 nitrogen and oxygen atoms in total. The van der Waals surface area contributed by atoms with Crippen LogP contribution in [0.15, 0.2) is 24.4 Å². The summed E-state index contributed by atoms with van der Waals surface area (Å²) in [7, 11) is 0. The fourth-order valence-corrected chi connectivity index (χ4v) is 2.91. The van der Waals surface area contributed by atoms with Gasteiger partial charge in [-0.1, -0.05) is 6.07 Å². The second kappa shape index (κ2) is 8.47. The van der Waals surface area contributed by atoms with Crippen molar-refractivity contribution < 1.29 is 14.3 Å². The van der Waals surface area contributed by atoms with E-state index in [1.807, 2.05) is 50.8 Å². The fourth-order valence-electron chi connectivity index (χ4n) is 2.91. The first kappa shape index (κ1) is 18.7. The number of pyridine rings is 1. The Morgan fingerprint density at radius 2 is 2.21 bits per heavy atom. The number of hydrogen-bond acceptors (Lipinski definition) is 4. The molecule has 24 heavy (non-hydrogen) atoms. The first-order valence-electron chi connectivity index (χ1n) is 8.85. The Kier molecular flexibility index (Phi) is 6.60. The fraction of sp³-hybridized carbons (Fsp3) is 0.684. The molecule has 0 aliphatic carbocycles. The lowest BCUT2D eigenvalue weighted by atomic mass is 9.95. The Morgan fingerprint density at radius 3 is 2.88 bits per heavy atom. The molecule has 0 unspecified atom stereocenters. The van der Waals surface area contributed by atoms with Gasteiger partial charge in [-0.15, -0.1) is 0 Å². The molecular formula is C19H30N2O3. The Hall–Kier alpha value is -1.62. The molecule has 1 aliphatic rings. The largest absolute Gasteiger partial charge is 0.444 e. The van der Waals surface area contributed by atoms with E-state index in [1.165, 1.54) is 0 Å². The standard InChI is InChI=1S/C19H30N2O3/c1-15(17-9-5-6-11-20-17)23-13-10-16-8-7-12-21(14-16)18(22)24-19(2,3)4/h5-6,9,11,15-16H,7-8,10,12-14H2,1-4H3/t15-,16+/m0/s1. The molecule has 1 saturated heterocycles. The van der Waals surface area contributed by atoms with Crippen LogP contribution in [0, 0.1) is 5.92 Å². The molecule has 1 aromatic heterocycles. The summed E-state index contributed by atoms with van der Waals surface area (Å²) < 4.78 is 11.4. The van der Waals surface area contributed by atoms with Crippen LogP contribution >= 0.6 is 0 Å². The van der Waals surface area contributed by atoms with Gasteiger partial charge in [0.25, 0.3) is 0 Å². The summed E-state index contributed by atoms with van der Waals surface area (Å²) in [6.07, 6.45) is 4.71. The normalized spacial score (nSPS) is 19.8. The highest BCUT2D eigenvalue weighted by atomic mass is 16.6. The maximum absolute atomic E-state index is 12.2. The second-order valence-electron chi connectivity index (χ2n) is 7.49. The molecule has 0 radical (unpaired) electrons.